The van der Waals surface area contributed by atoms with Crippen LogP contribution in [0, 0.1) is 30.3 Å². The molecule has 1 heterocycles. The predicted molar refractivity (Wildman–Crippen MR) is 117 cm³/mol. The van der Waals surface area contributed by atoms with E-state index >= 15 is 0 Å². The van der Waals surface area contributed by atoms with Crippen LogP contribution >= 0.6 is 0 Å². The number of rotatable bonds is 6. The molecule has 0 bridgehead atoms. The Kier molecular flexibility index (Phi) is 8.54. The Morgan fingerprint density at radius 1 is 0.938 bits per heavy atom. The average Bonchev–Trinajstić information content (AvgIpc) is 3.36. The molecule has 2 fully saturated rings. The maximum Gasteiger partial charge on any atom is 0.300 e. The van der Waals surface area contributed by atoms with E-state index in [0.29, 0.717) is 0 Å². The Hall–Kier alpha value is -2.32. The molecule has 3 atom stereocenters. The van der Waals surface area contributed by atoms with Crippen molar-refractivity contribution >= 4 is 38.1 Å². The zero-order valence-corrected chi connectivity index (χ0v) is 19.3. The second kappa shape index (κ2) is 10.5. The first-order chi connectivity index (χ1) is 14.9. The summed E-state index contributed by atoms with van der Waals surface area (Å²) in [6, 6.07) is 0.329. The molecule has 1 saturated heterocycles. The number of hydrogen-bond acceptors (Lipinski definition) is 9. The fourth-order valence-electron chi connectivity index (χ4n) is 4.02. The van der Waals surface area contributed by atoms with Crippen LogP contribution in [-0.4, -0.2) is 43.5 Å². The van der Waals surface area contributed by atoms with Crippen molar-refractivity contribution in [3.8, 4) is 0 Å². The number of non-ortho nitro benzene ring substituents is 1. The number of hydrogen-bond donors (Lipinski definition) is 0. The molecule has 32 heavy (non-hydrogen) atoms. The van der Waals surface area contributed by atoms with Gasteiger partial charge in [0.25, 0.3) is 5.69 Å². The summed E-state index contributed by atoms with van der Waals surface area (Å²) in [4.78, 5) is 25.8. The Bertz CT molecular complexity index is 950. The fraction of sp³-hybridized carbons (Fsp3) is 0.667. The lowest BCUT2D eigenvalue weighted by Gasteiger charge is -2.07. The van der Waals surface area contributed by atoms with E-state index in [0.717, 1.165) is 16.1 Å². The van der Waals surface area contributed by atoms with E-state index in [1.165, 1.54) is 42.6 Å². The summed E-state index contributed by atoms with van der Waals surface area (Å²) in [6.07, 6.45) is 10.6. The maximum atomic E-state index is 10.8. The Balaban J connectivity index is 0.000000242. The van der Waals surface area contributed by atoms with E-state index in [4.69, 9.17) is 0 Å². The number of fused-ring (bicyclic) bond motifs is 1. The van der Waals surface area contributed by atoms with Gasteiger partial charge >= 0.3 is 11.4 Å². The third-order valence-corrected chi connectivity index (χ3v) is 10.1. The third kappa shape index (κ3) is 6.13. The standard InChI is InChI=1S/C12H23S.C6H3N3O9S/c1-3-10(2)13-11-8-6-4-5-7-9-12(11)13;10-7(11)3-1-4(8(12)13)6(19(16,17)18)5(2-3)9(14)15/h10-12H,3-9H2,1-2H3;1-2H,(H,16,17,18)/q+1;/p-1. The molecular weight excluding hydrogens is 466 g/mol. The van der Waals surface area contributed by atoms with E-state index < -0.39 is 46.8 Å². The van der Waals surface area contributed by atoms with Crippen molar-refractivity contribution in [3.63, 3.8) is 0 Å². The highest BCUT2D eigenvalue weighted by molar-refractivity contribution is 8.05. The van der Waals surface area contributed by atoms with Gasteiger partial charge in [0.1, 0.15) is 15.4 Å². The molecule has 2 aliphatic rings. The molecule has 0 N–H and O–H groups in total. The minimum atomic E-state index is -5.55. The minimum absolute atomic E-state index is 0.164. The summed E-state index contributed by atoms with van der Waals surface area (Å²) in [5.41, 5.74) is -4.11. The van der Waals surface area contributed by atoms with Gasteiger partial charge < -0.3 is 4.55 Å². The topological polar surface area (TPSA) is 187 Å². The van der Waals surface area contributed by atoms with Gasteiger partial charge in [-0.15, -0.1) is 0 Å². The molecule has 1 saturated carbocycles. The molecule has 1 aliphatic carbocycles. The molecule has 0 amide bonds. The molecule has 3 unspecified atom stereocenters. The first-order valence-electron chi connectivity index (χ1n) is 10.2. The highest BCUT2D eigenvalue weighted by atomic mass is 32.2. The molecule has 0 spiro atoms. The van der Waals surface area contributed by atoms with Gasteiger partial charge in [-0.2, -0.15) is 0 Å². The van der Waals surface area contributed by atoms with Gasteiger partial charge in [0.15, 0.2) is 10.5 Å². The molecule has 1 aromatic carbocycles. The minimum Gasteiger partial charge on any atom is -0.744 e. The van der Waals surface area contributed by atoms with Crippen LogP contribution in [-0.2, 0) is 21.0 Å². The summed E-state index contributed by atoms with van der Waals surface area (Å²) in [7, 11) is -4.70. The lowest BCUT2D eigenvalue weighted by atomic mass is 10.0. The van der Waals surface area contributed by atoms with Gasteiger partial charge in [-0.1, -0.05) is 19.8 Å². The van der Waals surface area contributed by atoms with Crippen molar-refractivity contribution in [3.05, 3.63) is 42.5 Å². The number of nitro groups is 3. The molecule has 1 aliphatic heterocycles. The summed E-state index contributed by atoms with van der Waals surface area (Å²) in [5, 5.41) is 35.0. The van der Waals surface area contributed by atoms with Gasteiger partial charge in [-0.3, -0.25) is 30.3 Å². The Labute approximate surface area is 187 Å². The number of nitro benzene ring substituents is 3. The summed E-state index contributed by atoms with van der Waals surface area (Å²) in [6.45, 7) is 4.84. The fourth-order valence-corrected chi connectivity index (χ4v) is 8.36. The number of benzene rings is 1. The Morgan fingerprint density at radius 3 is 1.69 bits per heavy atom. The molecule has 12 nitrogen and oxygen atoms in total. The second-order valence-electron chi connectivity index (χ2n) is 7.73. The van der Waals surface area contributed by atoms with Crippen molar-refractivity contribution < 1.29 is 27.7 Å². The zero-order chi connectivity index (χ0) is 24.2. The van der Waals surface area contributed by atoms with Crippen LogP contribution in [0.5, 0.6) is 0 Å². The van der Waals surface area contributed by atoms with Crippen molar-refractivity contribution in [1.29, 1.82) is 0 Å². The van der Waals surface area contributed by atoms with Crippen molar-refractivity contribution in [2.45, 2.75) is 79.4 Å². The van der Waals surface area contributed by atoms with Crippen LogP contribution in [0.15, 0.2) is 17.0 Å². The maximum absolute atomic E-state index is 10.8. The summed E-state index contributed by atoms with van der Waals surface area (Å²) in [5.74, 6) is 0. The first-order valence-corrected chi connectivity index (χ1v) is 13.0. The second-order valence-corrected chi connectivity index (χ2v) is 11.9. The van der Waals surface area contributed by atoms with Crippen LogP contribution in [0.2, 0.25) is 0 Å². The van der Waals surface area contributed by atoms with E-state index in [1.54, 1.807) is 12.8 Å². The van der Waals surface area contributed by atoms with Gasteiger partial charge in [0.05, 0.1) is 26.9 Å². The molecule has 0 radical (unpaired) electrons. The van der Waals surface area contributed by atoms with Crippen molar-refractivity contribution in [2.75, 3.05) is 0 Å². The van der Waals surface area contributed by atoms with E-state index in [2.05, 4.69) is 13.8 Å². The molecule has 14 heteroatoms. The lowest BCUT2D eigenvalue weighted by molar-refractivity contribution is -0.407. The Morgan fingerprint density at radius 2 is 1.38 bits per heavy atom. The molecular formula is C18H25N3O9S2. The van der Waals surface area contributed by atoms with Gasteiger partial charge in [-0.25, -0.2) is 8.42 Å². The summed E-state index contributed by atoms with van der Waals surface area (Å²) < 4.78 is 32.5. The normalized spacial score (nSPS) is 23.4. The third-order valence-electron chi connectivity index (χ3n) is 5.69. The van der Waals surface area contributed by atoms with Gasteiger partial charge in [0, 0.05) is 10.9 Å². The molecule has 3 rings (SSSR count). The SMILES string of the molecule is CCC(C)[S+]1C2CCCCCCC21.O=[N+]([O-])c1cc([N+](=O)[O-])c(S(=O)(=O)[O-])c([N+](=O)[O-])c1. The van der Waals surface area contributed by atoms with Crippen LogP contribution in [0.3, 0.4) is 0 Å². The monoisotopic (exact) mass is 491 g/mol. The lowest BCUT2D eigenvalue weighted by Crippen LogP contribution is -2.08. The van der Waals surface area contributed by atoms with E-state index in [1.807, 2.05) is 0 Å². The van der Waals surface area contributed by atoms with Crippen LogP contribution in [0.1, 0.15) is 58.8 Å². The number of nitrogens with zero attached hydrogens (tertiary/aromatic N) is 3. The van der Waals surface area contributed by atoms with Gasteiger partial charge in [-0.05, 0) is 39.0 Å². The molecule has 1 aromatic rings. The first kappa shape index (κ1) is 25.9. The molecule has 178 valence electrons. The van der Waals surface area contributed by atoms with Crippen molar-refractivity contribution in [1.82, 2.24) is 0 Å². The average molecular weight is 492 g/mol. The van der Waals surface area contributed by atoms with Crippen molar-refractivity contribution in [2.24, 2.45) is 0 Å². The molecule has 0 aromatic heterocycles. The quantitative estimate of drug-likeness (QED) is 0.187. The van der Waals surface area contributed by atoms with Crippen LogP contribution < -0.4 is 0 Å². The largest absolute Gasteiger partial charge is 0.744 e. The smallest absolute Gasteiger partial charge is 0.300 e. The predicted octanol–water partition coefficient (Wildman–Crippen LogP) is 3.82. The van der Waals surface area contributed by atoms with Crippen LogP contribution in [0.4, 0.5) is 17.1 Å². The highest BCUT2D eigenvalue weighted by Gasteiger charge is 2.63. The highest BCUT2D eigenvalue weighted by Crippen LogP contribution is 2.47. The van der Waals surface area contributed by atoms with E-state index in [9.17, 15) is 43.3 Å². The zero-order valence-electron chi connectivity index (χ0n) is 17.7. The van der Waals surface area contributed by atoms with Crippen LogP contribution in [0.25, 0.3) is 0 Å². The van der Waals surface area contributed by atoms with E-state index in [-0.39, 0.29) is 12.1 Å². The summed E-state index contributed by atoms with van der Waals surface area (Å²) >= 11 is 0. The van der Waals surface area contributed by atoms with Gasteiger partial charge in [0.2, 0.25) is 4.90 Å².